The van der Waals surface area contributed by atoms with Crippen molar-refractivity contribution in [1.29, 1.82) is 0 Å². The number of anilines is 2. The first-order chi connectivity index (χ1) is 13.4. The van der Waals surface area contributed by atoms with Crippen LogP contribution in [0.5, 0.6) is 5.75 Å². The van der Waals surface area contributed by atoms with Gasteiger partial charge in [0.1, 0.15) is 5.75 Å². The van der Waals surface area contributed by atoms with Crippen LogP contribution in [-0.4, -0.2) is 17.9 Å². The van der Waals surface area contributed by atoms with E-state index in [0.717, 1.165) is 5.56 Å². The molecule has 0 spiro atoms. The summed E-state index contributed by atoms with van der Waals surface area (Å²) < 4.78 is 5.68. The highest BCUT2D eigenvalue weighted by Crippen LogP contribution is 2.22. The van der Waals surface area contributed by atoms with Crippen molar-refractivity contribution in [3.8, 4) is 5.75 Å². The van der Waals surface area contributed by atoms with Crippen LogP contribution < -0.4 is 15.4 Å². The van der Waals surface area contributed by atoms with Gasteiger partial charge in [-0.2, -0.15) is 0 Å². The number of rotatable bonds is 6. The minimum absolute atomic E-state index is 0.160. The molecule has 3 aromatic rings. The summed E-state index contributed by atoms with van der Waals surface area (Å²) in [5.74, 6) is 0.145. The summed E-state index contributed by atoms with van der Waals surface area (Å²) in [6, 6.07) is 15.7. The summed E-state index contributed by atoms with van der Waals surface area (Å²) in [5, 5.41) is 8.11. The van der Waals surface area contributed by atoms with Gasteiger partial charge in [-0.15, -0.1) is 11.3 Å². The van der Waals surface area contributed by atoms with Gasteiger partial charge in [0.2, 0.25) is 0 Å². The number of thiophene rings is 1. The van der Waals surface area contributed by atoms with Crippen LogP contribution >= 0.6 is 22.9 Å². The molecule has 5 nitrogen and oxygen atoms in total. The summed E-state index contributed by atoms with van der Waals surface area (Å²) >= 11 is 7.38. The lowest BCUT2D eigenvalue weighted by Gasteiger charge is -2.15. The van der Waals surface area contributed by atoms with Gasteiger partial charge < -0.3 is 15.4 Å². The Bertz CT molecular complexity index is 972. The third-order valence-electron chi connectivity index (χ3n) is 3.97. The highest BCUT2D eigenvalue weighted by atomic mass is 35.5. The highest BCUT2D eigenvalue weighted by Gasteiger charge is 2.15. The number of halogens is 1. The molecule has 0 saturated heterocycles. The Labute approximate surface area is 172 Å². The summed E-state index contributed by atoms with van der Waals surface area (Å²) in [4.78, 5) is 25.0. The van der Waals surface area contributed by atoms with E-state index in [-0.39, 0.29) is 11.8 Å². The summed E-state index contributed by atoms with van der Waals surface area (Å²) in [6.45, 7) is 3.55. The Morgan fingerprint density at radius 1 is 1.04 bits per heavy atom. The van der Waals surface area contributed by atoms with Crippen LogP contribution in [0.15, 0.2) is 60.0 Å². The zero-order valence-corrected chi connectivity index (χ0v) is 16.9. The molecule has 0 aliphatic carbocycles. The third kappa shape index (κ3) is 5.12. The largest absolute Gasteiger partial charge is 0.481 e. The van der Waals surface area contributed by atoms with E-state index in [0.29, 0.717) is 27.0 Å². The minimum atomic E-state index is -0.682. The number of aryl methyl sites for hydroxylation is 1. The SMILES string of the molecule is Cc1cc(OC(C)C(=O)Nc2ccc(NC(=O)c3cccs3)cc2)ccc1Cl. The Morgan fingerprint density at radius 3 is 2.32 bits per heavy atom. The van der Waals surface area contributed by atoms with Gasteiger partial charge >= 0.3 is 0 Å². The van der Waals surface area contributed by atoms with E-state index >= 15 is 0 Å². The van der Waals surface area contributed by atoms with Crippen molar-refractivity contribution in [2.75, 3.05) is 10.6 Å². The summed E-state index contributed by atoms with van der Waals surface area (Å²) in [6.07, 6.45) is -0.682. The van der Waals surface area contributed by atoms with Crippen LogP contribution in [0, 0.1) is 6.92 Å². The van der Waals surface area contributed by atoms with Crippen molar-refractivity contribution in [3.63, 3.8) is 0 Å². The molecule has 1 heterocycles. The van der Waals surface area contributed by atoms with Gasteiger partial charge in [-0.05, 0) is 73.3 Å². The molecular formula is C21H19ClN2O3S. The van der Waals surface area contributed by atoms with Crippen molar-refractivity contribution >= 4 is 46.1 Å². The molecule has 1 atom stereocenters. The molecule has 144 valence electrons. The first-order valence-electron chi connectivity index (χ1n) is 8.61. The molecular weight excluding hydrogens is 396 g/mol. The van der Waals surface area contributed by atoms with Crippen LogP contribution in [0.3, 0.4) is 0 Å². The lowest BCUT2D eigenvalue weighted by Crippen LogP contribution is -2.30. The lowest BCUT2D eigenvalue weighted by atomic mass is 10.2. The molecule has 0 saturated carbocycles. The van der Waals surface area contributed by atoms with E-state index in [1.165, 1.54) is 11.3 Å². The van der Waals surface area contributed by atoms with Gasteiger partial charge in [-0.1, -0.05) is 17.7 Å². The Hall–Kier alpha value is -2.83. The zero-order valence-electron chi connectivity index (χ0n) is 15.4. The van der Waals surface area contributed by atoms with Crippen molar-refractivity contribution in [2.24, 2.45) is 0 Å². The maximum Gasteiger partial charge on any atom is 0.265 e. The monoisotopic (exact) mass is 414 g/mol. The molecule has 0 bridgehead atoms. The minimum Gasteiger partial charge on any atom is -0.481 e. The number of amides is 2. The lowest BCUT2D eigenvalue weighted by molar-refractivity contribution is -0.122. The number of nitrogens with one attached hydrogen (secondary N) is 2. The van der Waals surface area contributed by atoms with Gasteiger partial charge in [0, 0.05) is 16.4 Å². The maximum absolute atomic E-state index is 12.4. The van der Waals surface area contributed by atoms with Gasteiger partial charge in [-0.25, -0.2) is 0 Å². The predicted molar refractivity (Wildman–Crippen MR) is 114 cm³/mol. The fourth-order valence-electron chi connectivity index (χ4n) is 2.43. The number of benzene rings is 2. The Balaban J connectivity index is 1.56. The highest BCUT2D eigenvalue weighted by molar-refractivity contribution is 7.12. The first-order valence-corrected chi connectivity index (χ1v) is 9.87. The van der Waals surface area contributed by atoms with Gasteiger partial charge in [-0.3, -0.25) is 9.59 Å². The molecule has 2 amide bonds. The number of carbonyl (C=O) groups excluding carboxylic acids is 2. The van der Waals surface area contributed by atoms with Crippen LogP contribution in [0.1, 0.15) is 22.2 Å². The third-order valence-corrected chi connectivity index (χ3v) is 5.26. The Kier molecular flexibility index (Phi) is 6.34. The normalized spacial score (nSPS) is 11.5. The fraction of sp³-hybridized carbons (Fsp3) is 0.143. The van der Waals surface area contributed by atoms with Crippen LogP contribution in [0.25, 0.3) is 0 Å². The molecule has 3 rings (SSSR count). The number of carbonyl (C=O) groups is 2. The molecule has 2 N–H and O–H groups in total. The predicted octanol–water partition coefficient (Wildman–Crippen LogP) is 5.37. The standard InChI is InChI=1S/C21H19ClN2O3S/c1-13-12-17(9-10-18(13)22)27-14(2)20(25)23-15-5-7-16(8-6-15)24-21(26)19-4-3-11-28-19/h3-12,14H,1-2H3,(H,23,25)(H,24,26). The molecule has 0 radical (unpaired) electrons. The van der Waals surface area contributed by atoms with E-state index in [2.05, 4.69) is 10.6 Å². The second-order valence-electron chi connectivity index (χ2n) is 6.17. The van der Waals surface area contributed by atoms with Crippen molar-refractivity contribution in [2.45, 2.75) is 20.0 Å². The van der Waals surface area contributed by atoms with Gasteiger partial charge in [0.05, 0.1) is 4.88 Å². The molecule has 0 aliphatic heterocycles. The number of hydrogen-bond acceptors (Lipinski definition) is 4. The van der Waals surface area contributed by atoms with E-state index in [1.807, 2.05) is 18.4 Å². The van der Waals surface area contributed by atoms with E-state index in [1.54, 1.807) is 55.5 Å². The summed E-state index contributed by atoms with van der Waals surface area (Å²) in [7, 11) is 0. The van der Waals surface area contributed by atoms with Crippen molar-refractivity contribution in [3.05, 3.63) is 75.4 Å². The Morgan fingerprint density at radius 2 is 1.71 bits per heavy atom. The second kappa shape index (κ2) is 8.91. The van der Waals surface area contributed by atoms with Crippen LogP contribution in [0.4, 0.5) is 11.4 Å². The fourth-order valence-corrected chi connectivity index (χ4v) is 3.17. The first kappa shape index (κ1) is 19.9. The molecule has 0 fully saturated rings. The molecule has 1 aromatic heterocycles. The maximum atomic E-state index is 12.4. The van der Waals surface area contributed by atoms with Crippen LogP contribution in [0.2, 0.25) is 5.02 Å². The van der Waals surface area contributed by atoms with Crippen molar-refractivity contribution in [1.82, 2.24) is 0 Å². The smallest absolute Gasteiger partial charge is 0.265 e. The van der Waals surface area contributed by atoms with Crippen molar-refractivity contribution < 1.29 is 14.3 Å². The van der Waals surface area contributed by atoms with Gasteiger partial charge in [0.25, 0.3) is 11.8 Å². The average Bonchev–Trinajstić information content (AvgIpc) is 3.21. The summed E-state index contributed by atoms with van der Waals surface area (Å²) in [5.41, 5.74) is 2.14. The van der Waals surface area contributed by atoms with E-state index < -0.39 is 6.10 Å². The molecule has 28 heavy (non-hydrogen) atoms. The molecule has 0 aliphatic rings. The number of ether oxygens (including phenoxy) is 1. The zero-order chi connectivity index (χ0) is 20.1. The quantitative estimate of drug-likeness (QED) is 0.569. The van der Waals surface area contributed by atoms with E-state index in [9.17, 15) is 9.59 Å². The van der Waals surface area contributed by atoms with Gasteiger partial charge in [0.15, 0.2) is 6.10 Å². The van der Waals surface area contributed by atoms with E-state index in [4.69, 9.17) is 16.3 Å². The molecule has 7 heteroatoms. The second-order valence-corrected chi connectivity index (χ2v) is 7.52. The molecule has 1 unspecified atom stereocenters. The topological polar surface area (TPSA) is 67.4 Å². The molecule has 2 aromatic carbocycles. The average molecular weight is 415 g/mol. The number of hydrogen-bond donors (Lipinski definition) is 2. The van der Waals surface area contributed by atoms with Crippen LogP contribution in [-0.2, 0) is 4.79 Å².